The Morgan fingerprint density at radius 3 is 2.71 bits per heavy atom. The maximum atomic E-state index is 5.66. The molecule has 1 aromatic carbocycles. The van der Waals surface area contributed by atoms with Crippen LogP contribution >= 0.6 is 0 Å². The summed E-state index contributed by atoms with van der Waals surface area (Å²) in [6, 6.07) is 5.28. The van der Waals surface area contributed by atoms with Crippen molar-refractivity contribution in [2.24, 2.45) is 15.9 Å². The van der Waals surface area contributed by atoms with Crippen molar-refractivity contribution in [2.75, 3.05) is 20.0 Å². The van der Waals surface area contributed by atoms with Gasteiger partial charge in [0.15, 0.2) is 17.3 Å². The van der Waals surface area contributed by atoms with Gasteiger partial charge in [0.05, 0.1) is 20.4 Å². The lowest BCUT2D eigenvalue weighted by Crippen LogP contribution is -2.15. The molecule has 0 saturated heterocycles. The highest BCUT2D eigenvalue weighted by Crippen LogP contribution is 2.23. The molecule has 0 spiro atoms. The minimum absolute atomic E-state index is 0.00233. The molecule has 1 heterocycles. The number of hydrogen-bond acceptors (Lipinski definition) is 8. The molecular formula is C12H14N6O3. The number of rotatable bonds is 5. The first-order valence-electron chi connectivity index (χ1n) is 5.82. The van der Waals surface area contributed by atoms with Crippen LogP contribution in [0.3, 0.4) is 0 Å². The SMILES string of the molecule is COc1ccc(C=N/N=C(\N)c2nonc2N)c(OC)c1. The summed E-state index contributed by atoms with van der Waals surface area (Å²) in [5.41, 5.74) is 12.0. The molecule has 2 rings (SSSR count). The zero-order valence-electron chi connectivity index (χ0n) is 11.5. The third kappa shape index (κ3) is 3.26. The number of aromatic nitrogens is 2. The van der Waals surface area contributed by atoms with E-state index >= 15 is 0 Å². The van der Waals surface area contributed by atoms with Crippen molar-refractivity contribution < 1.29 is 14.1 Å². The van der Waals surface area contributed by atoms with Gasteiger partial charge in [-0.25, -0.2) is 4.63 Å². The highest BCUT2D eigenvalue weighted by atomic mass is 16.6. The highest BCUT2D eigenvalue weighted by molar-refractivity contribution is 5.99. The summed E-state index contributed by atoms with van der Waals surface area (Å²) in [6.07, 6.45) is 1.48. The van der Waals surface area contributed by atoms with Gasteiger partial charge in [-0.05, 0) is 22.4 Å². The third-order valence-corrected chi connectivity index (χ3v) is 2.56. The molecule has 0 radical (unpaired) electrons. The van der Waals surface area contributed by atoms with Crippen LogP contribution < -0.4 is 20.9 Å². The molecule has 9 heteroatoms. The van der Waals surface area contributed by atoms with Gasteiger partial charge >= 0.3 is 0 Å². The molecule has 0 atom stereocenters. The molecule has 0 bridgehead atoms. The molecule has 2 aromatic rings. The summed E-state index contributed by atoms with van der Waals surface area (Å²) >= 11 is 0. The quantitative estimate of drug-likeness (QED) is 0.462. The molecule has 21 heavy (non-hydrogen) atoms. The van der Waals surface area contributed by atoms with Gasteiger partial charge in [0.25, 0.3) is 0 Å². The van der Waals surface area contributed by atoms with E-state index in [9.17, 15) is 0 Å². The topological polar surface area (TPSA) is 134 Å². The molecule has 4 N–H and O–H groups in total. The van der Waals surface area contributed by atoms with E-state index in [1.165, 1.54) is 6.21 Å². The lowest BCUT2D eigenvalue weighted by molar-refractivity contribution is 0.308. The zero-order chi connectivity index (χ0) is 15.2. The van der Waals surface area contributed by atoms with Crippen molar-refractivity contribution in [1.29, 1.82) is 0 Å². The molecule has 0 amide bonds. The van der Waals surface area contributed by atoms with Crippen molar-refractivity contribution >= 4 is 17.9 Å². The molecular weight excluding hydrogens is 276 g/mol. The van der Waals surface area contributed by atoms with Crippen molar-refractivity contribution in [3.63, 3.8) is 0 Å². The van der Waals surface area contributed by atoms with Gasteiger partial charge in [-0.3, -0.25) is 0 Å². The second-order valence-corrected chi connectivity index (χ2v) is 3.84. The zero-order valence-corrected chi connectivity index (χ0v) is 11.5. The number of benzene rings is 1. The molecule has 0 aliphatic heterocycles. The van der Waals surface area contributed by atoms with Crippen molar-refractivity contribution in [1.82, 2.24) is 10.3 Å². The first-order valence-corrected chi connectivity index (χ1v) is 5.82. The number of nitrogen functional groups attached to an aromatic ring is 1. The predicted molar refractivity (Wildman–Crippen MR) is 76.6 cm³/mol. The van der Waals surface area contributed by atoms with Crippen LogP contribution in [0.4, 0.5) is 5.82 Å². The summed E-state index contributed by atoms with van der Waals surface area (Å²) in [7, 11) is 3.12. The fourth-order valence-corrected chi connectivity index (χ4v) is 1.50. The van der Waals surface area contributed by atoms with E-state index in [2.05, 4.69) is 25.1 Å². The van der Waals surface area contributed by atoms with Crippen molar-refractivity contribution in [3.8, 4) is 11.5 Å². The van der Waals surface area contributed by atoms with Crippen LogP contribution in [-0.4, -0.2) is 36.6 Å². The number of ether oxygens (including phenoxy) is 2. The second kappa shape index (κ2) is 6.37. The first-order chi connectivity index (χ1) is 10.2. The average molecular weight is 290 g/mol. The molecule has 0 unspecified atom stereocenters. The Hall–Kier alpha value is -3.10. The lowest BCUT2D eigenvalue weighted by Gasteiger charge is -2.06. The van der Waals surface area contributed by atoms with E-state index in [1.807, 2.05) is 0 Å². The van der Waals surface area contributed by atoms with E-state index < -0.39 is 0 Å². The summed E-state index contributed by atoms with van der Waals surface area (Å²) in [5, 5.41) is 14.5. The second-order valence-electron chi connectivity index (χ2n) is 3.84. The summed E-state index contributed by atoms with van der Waals surface area (Å²) in [4.78, 5) is 0. The number of nitrogens with two attached hydrogens (primary N) is 2. The number of hydrogen-bond donors (Lipinski definition) is 2. The van der Waals surface area contributed by atoms with Gasteiger partial charge in [0.2, 0.25) is 0 Å². The fraction of sp³-hybridized carbons (Fsp3) is 0.167. The smallest absolute Gasteiger partial charge is 0.199 e. The van der Waals surface area contributed by atoms with E-state index in [0.717, 1.165) is 0 Å². The lowest BCUT2D eigenvalue weighted by atomic mass is 10.2. The standard InChI is InChI=1S/C12H14N6O3/c1-19-8-4-3-7(9(5-8)20-2)6-15-16-11(13)10-12(14)18-21-17-10/h3-6H,1-2H3,(H2,13,16)(H2,14,18). The Morgan fingerprint density at radius 2 is 2.10 bits per heavy atom. The molecule has 0 aliphatic carbocycles. The van der Waals surface area contributed by atoms with Crippen LogP contribution in [0, 0.1) is 0 Å². The Labute approximate surface area is 120 Å². The normalized spacial score (nSPS) is 11.8. The maximum Gasteiger partial charge on any atom is 0.199 e. The summed E-state index contributed by atoms with van der Waals surface area (Å²) in [6.45, 7) is 0. The molecule has 0 aliphatic rings. The summed E-state index contributed by atoms with van der Waals surface area (Å²) < 4.78 is 14.8. The van der Waals surface area contributed by atoms with Gasteiger partial charge in [-0.1, -0.05) is 0 Å². The number of anilines is 1. The summed E-state index contributed by atoms with van der Waals surface area (Å²) in [5.74, 6) is 1.31. The number of amidine groups is 1. The minimum atomic E-state index is -0.00233. The Morgan fingerprint density at radius 1 is 1.29 bits per heavy atom. The van der Waals surface area contributed by atoms with Crippen LogP contribution in [-0.2, 0) is 0 Å². The average Bonchev–Trinajstić information content (AvgIpc) is 2.93. The first kappa shape index (κ1) is 14.3. The van der Waals surface area contributed by atoms with Gasteiger partial charge in [-0.15, -0.1) is 5.10 Å². The van der Waals surface area contributed by atoms with Gasteiger partial charge in [-0.2, -0.15) is 5.10 Å². The fourth-order valence-electron chi connectivity index (χ4n) is 1.50. The Kier molecular flexibility index (Phi) is 4.34. The highest BCUT2D eigenvalue weighted by Gasteiger charge is 2.10. The number of methoxy groups -OCH3 is 2. The van der Waals surface area contributed by atoms with E-state index in [1.54, 1.807) is 32.4 Å². The molecule has 110 valence electrons. The maximum absolute atomic E-state index is 5.66. The van der Waals surface area contributed by atoms with Gasteiger partial charge in [0.1, 0.15) is 11.5 Å². The van der Waals surface area contributed by atoms with Gasteiger partial charge < -0.3 is 20.9 Å². The Bertz CT molecular complexity index is 679. The van der Waals surface area contributed by atoms with Crippen LogP contribution in [0.2, 0.25) is 0 Å². The van der Waals surface area contributed by atoms with Crippen molar-refractivity contribution in [2.45, 2.75) is 0 Å². The van der Waals surface area contributed by atoms with Crippen LogP contribution in [0.15, 0.2) is 33.0 Å². The largest absolute Gasteiger partial charge is 0.497 e. The van der Waals surface area contributed by atoms with E-state index in [0.29, 0.717) is 17.1 Å². The van der Waals surface area contributed by atoms with E-state index in [-0.39, 0.29) is 17.3 Å². The third-order valence-electron chi connectivity index (χ3n) is 2.56. The van der Waals surface area contributed by atoms with Crippen LogP contribution in [0.25, 0.3) is 0 Å². The molecule has 9 nitrogen and oxygen atoms in total. The molecule has 1 aromatic heterocycles. The van der Waals surface area contributed by atoms with Crippen LogP contribution in [0.5, 0.6) is 11.5 Å². The molecule has 0 saturated carbocycles. The van der Waals surface area contributed by atoms with E-state index in [4.69, 9.17) is 20.9 Å². The monoisotopic (exact) mass is 290 g/mol. The molecule has 0 fully saturated rings. The Balaban J connectivity index is 2.20. The van der Waals surface area contributed by atoms with Gasteiger partial charge in [0, 0.05) is 11.6 Å². The van der Waals surface area contributed by atoms with Crippen molar-refractivity contribution in [3.05, 3.63) is 29.5 Å². The predicted octanol–water partition coefficient (Wildman–Crippen LogP) is 0.408. The minimum Gasteiger partial charge on any atom is -0.497 e. The number of nitrogens with zero attached hydrogens (tertiary/aromatic N) is 4. The van der Waals surface area contributed by atoms with Crippen LogP contribution in [0.1, 0.15) is 11.3 Å².